The van der Waals surface area contributed by atoms with Crippen LogP contribution in [0.3, 0.4) is 0 Å². The van der Waals surface area contributed by atoms with Crippen molar-refractivity contribution in [3.63, 3.8) is 0 Å². The minimum absolute atomic E-state index is 0.0265. The van der Waals surface area contributed by atoms with Crippen LogP contribution >= 0.6 is 0 Å². The number of aryl methyl sites for hydroxylation is 2. The van der Waals surface area contributed by atoms with E-state index in [0.717, 1.165) is 67.7 Å². The average Bonchev–Trinajstić information content (AvgIpc) is 3.26. The van der Waals surface area contributed by atoms with Gasteiger partial charge in [-0.05, 0) is 83.7 Å². The average molecular weight is 509 g/mol. The van der Waals surface area contributed by atoms with Gasteiger partial charge in [-0.2, -0.15) is 5.10 Å². The first-order chi connectivity index (χ1) is 17.5. The van der Waals surface area contributed by atoms with Crippen molar-refractivity contribution in [1.82, 2.24) is 19.6 Å². The highest BCUT2D eigenvalue weighted by Gasteiger charge is 2.54. The van der Waals surface area contributed by atoms with Gasteiger partial charge in [-0.1, -0.05) is 0 Å². The number of esters is 1. The monoisotopic (exact) mass is 508 g/mol. The summed E-state index contributed by atoms with van der Waals surface area (Å²) in [6, 6.07) is 6.12. The highest BCUT2D eigenvalue weighted by molar-refractivity contribution is 6.02. The first-order valence-corrected chi connectivity index (χ1v) is 13.5. The lowest BCUT2D eigenvalue weighted by molar-refractivity contribution is -0.154. The van der Waals surface area contributed by atoms with Crippen molar-refractivity contribution in [2.24, 2.45) is 12.5 Å². The number of cyclic esters (lactones) is 1. The van der Waals surface area contributed by atoms with Crippen LogP contribution in [-0.2, 0) is 16.6 Å². The molecule has 1 amide bonds. The number of hydrogen-bond acceptors (Lipinski definition) is 6. The molecule has 8 heteroatoms. The SMILES string of the molecule is COc1ccc(-c2c(C)nn(C)c2C)c(C(=O)N2CCC(N3CCCC4(C3)CC(C)(C)OC4=O)CC2)c1. The summed E-state index contributed by atoms with van der Waals surface area (Å²) in [5, 5.41) is 4.57. The zero-order chi connectivity index (χ0) is 26.5. The van der Waals surface area contributed by atoms with Gasteiger partial charge in [0.25, 0.3) is 5.91 Å². The zero-order valence-corrected chi connectivity index (χ0v) is 23.1. The van der Waals surface area contributed by atoms with E-state index in [-0.39, 0.29) is 22.9 Å². The number of carbonyl (C=O) groups excluding carboxylic acids is 2. The van der Waals surface area contributed by atoms with Crippen molar-refractivity contribution in [1.29, 1.82) is 0 Å². The van der Waals surface area contributed by atoms with Gasteiger partial charge in [0.05, 0.1) is 23.8 Å². The molecule has 200 valence electrons. The van der Waals surface area contributed by atoms with Crippen molar-refractivity contribution in [3.05, 3.63) is 35.2 Å². The molecule has 1 unspecified atom stereocenters. The quantitative estimate of drug-likeness (QED) is 0.578. The smallest absolute Gasteiger partial charge is 0.314 e. The molecule has 1 atom stereocenters. The molecule has 3 aliphatic heterocycles. The Bertz CT molecular complexity index is 1210. The Balaban J connectivity index is 1.32. The maximum Gasteiger partial charge on any atom is 0.314 e. The third kappa shape index (κ3) is 4.65. The molecule has 3 aliphatic rings. The van der Waals surface area contributed by atoms with Crippen molar-refractivity contribution in [2.75, 3.05) is 33.3 Å². The third-order valence-electron chi connectivity index (χ3n) is 8.68. The molecule has 0 radical (unpaired) electrons. The van der Waals surface area contributed by atoms with Crippen LogP contribution < -0.4 is 4.74 Å². The van der Waals surface area contributed by atoms with E-state index in [9.17, 15) is 9.59 Å². The molecule has 3 saturated heterocycles. The van der Waals surface area contributed by atoms with Gasteiger partial charge in [-0.25, -0.2) is 0 Å². The number of aromatic nitrogens is 2. The van der Waals surface area contributed by atoms with Crippen LogP contribution in [-0.4, -0.2) is 76.4 Å². The minimum atomic E-state index is -0.380. The van der Waals surface area contributed by atoms with E-state index in [0.29, 0.717) is 30.4 Å². The van der Waals surface area contributed by atoms with Crippen LogP contribution in [0.1, 0.15) is 67.7 Å². The predicted octanol–water partition coefficient (Wildman–Crippen LogP) is 4.12. The largest absolute Gasteiger partial charge is 0.497 e. The van der Waals surface area contributed by atoms with E-state index < -0.39 is 0 Å². The van der Waals surface area contributed by atoms with Crippen molar-refractivity contribution < 1.29 is 19.1 Å². The summed E-state index contributed by atoms with van der Waals surface area (Å²) in [5.74, 6) is 0.679. The van der Waals surface area contributed by atoms with E-state index in [1.54, 1.807) is 7.11 Å². The standard InChI is InChI=1S/C29H40N4O4/c1-19-25(20(2)31(5)30-19)23-9-8-22(36-6)16-24(23)26(34)32-14-10-21(11-15-32)33-13-7-12-29(18-33)17-28(3,4)37-27(29)35/h8-9,16,21H,7,10-15,17-18H2,1-6H3. The van der Waals surface area contributed by atoms with Gasteiger partial charge in [-0.3, -0.25) is 19.2 Å². The molecule has 0 saturated carbocycles. The van der Waals surface area contributed by atoms with Gasteiger partial charge in [0.2, 0.25) is 0 Å². The number of ether oxygens (including phenoxy) is 2. The molecule has 5 rings (SSSR count). The van der Waals surface area contributed by atoms with Gasteiger partial charge in [0, 0.05) is 50.4 Å². The Morgan fingerprint density at radius 1 is 1.16 bits per heavy atom. The Hall–Kier alpha value is -2.87. The number of hydrogen-bond donors (Lipinski definition) is 0. The summed E-state index contributed by atoms with van der Waals surface area (Å²) in [6.07, 6.45) is 4.53. The lowest BCUT2D eigenvalue weighted by Gasteiger charge is -2.45. The molecule has 2 aromatic rings. The number of methoxy groups -OCH3 is 1. The number of likely N-dealkylation sites (tertiary alicyclic amines) is 2. The summed E-state index contributed by atoms with van der Waals surface area (Å²) < 4.78 is 13.1. The molecule has 3 fully saturated rings. The molecule has 0 N–H and O–H groups in total. The van der Waals surface area contributed by atoms with Crippen molar-refractivity contribution in [2.45, 2.75) is 71.4 Å². The Morgan fingerprint density at radius 2 is 1.89 bits per heavy atom. The molecule has 8 nitrogen and oxygen atoms in total. The molecule has 0 aliphatic carbocycles. The second-order valence-corrected chi connectivity index (χ2v) is 11.8. The molecule has 1 aromatic carbocycles. The van der Waals surface area contributed by atoms with E-state index in [4.69, 9.17) is 9.47 Å². The van der Waals surface area contributed by atoms with Crippen LogP contribution in [0.5, 0.6) is 5.75 Å². The minimum Gasteiger partial charge on any atom is -0.497 e. The van der Waals surface area contributed by atoms with Gasteiger partial charge >= 0.3 is 5.97 Å². The fourth-order valence-corrected chi connectivity index (χ4v) is 6.89. The second kappa shape index (κ2) is 9.46. The second-order valence-electron chi connectivity index (χ2n) is 11.8. The summed E-state index contributed by atoms with van der Waals surface area (Å²) in [5.41, 5.74) is 3.75. The number of benzene rings is 1. The Morgan fingerprint density at radius 3 is 2.49 bits per heavy atom. The van der Waals surface area contributed by atoms with E-state index >= 15 is 0 Å². The highest BCUT2D eigenvalue weighted by Crippen LogP contribution is 2.46. The van der Waals surface area contributed by atoms with Crippen LogP contribution in [0.4, 0.5) is 0 Å². The normalized spacial score (nSPS) is 24.5. The topological polar surface area (TPSA) is 76.9 Å². The molecular weight excluding hydrogens is 468 g/mol. The van der Waals surface area contributed by atoms with Crippen molar-refractivity contribution >= 4 is 11.9 Å². The van der Waals surface area contributed by atoms with Gasteiger partial charge < -0.3 is 14.4 Å². The van der Waals surface area contributed by atoms with Gasteiger partial charge in [-0.15, -0.1) is 0 Å². The molecule has 1 aromatic heterocycles. The van der Waals surface area contributed by atoms with E-state index in [1.807, 2.05) is 62.5 Å². The predicted molar refractivity (Wildman–Crippen MR) is 142 cm³/mol. The highest BCUT2D eigenvalue weighted by atomic mass is 16.6. The fraction of sp³-hybridized carbons (Fsp3) is 0.621. The fourth-order valence-electron chi connectivity index (χ4n) is 6.89. The van der Waals surface area contributed by atoms with Crippen LogP contribution in [0.2, 0.25) is 0 Å². The third-order valence-corrected chi connectivity index (χ3v) is 8.68. The summed E-state index contributed by atoms with van der Waals surface area (Å²) >= 11 is 0. The first kappa shape index (κ1) is 25.8. The molecule has 0 bridgehead atoms. The number of amides is 1. The number of rotatable bonds is 4. The molecule has 4 heterocycles. The van der Waals surface area contributed by atoms with Crippen LogP contribution in [0, 0.1) is 19.3 Å². The van der Waals surface area contributed by atoms with Crippen LogP contribution in [0.25, 0.3) is 11.1 Å². The summed E-state index contributed by atoms with van der Waals surface area (Å²) in [6.45, 7) is 11.2. The van der Waals surface area contributed by atoms with Crippen LogP contribution in [0.15, 0.2) is 18.2 Å². The molecule has 1 spiro atoms. The molecular formula is C29H40N4O4. The lowest BCUT2D eigenvalue weighted by Crippen LogP contribution is -2.53. The lowest BCUT2D eigenvalue weighted by atomic mass is 9.74. The van der Waals surface area contributed by atoms with E-state index in [1.165, 1.54) is 0 Å². The number of piperidine rings is 2. The molecule has 37 heavy (non-hydrogen) atoms. The van der Waals surface area contributed by atoms with Gasteiger partial charge in [0.1, 0.15) is 11.4 Å². The van der Waals surface area contributed by atoms with E-state index in [2.05, 4.69) is 10.00 Å². The maximum atomic E-state index is 13.9. The Kier molecular flexibility index (Phi) is 6.59. The summed E-state index contributed by atoms with van der Waals surface area (Å²) in [7, 11) is 3.56. The Labute approximate surface area is 219 Å². The van der Waals surface area contributed by atoms with Gasteiger partial charge in [0.15, 0.2) is 0 Å². The summed E-state index contributed by atoms with van der Waals surface area (Å²) in [4.78, 5) is 31.2. The maximum absolute atomic E-state index is 13.9. The first-order valence-electron chi connectivity index (χ1n) is 13.5. The number of carbonyl (C=O) groups is 2. The zero-order valence-electron chi connectivity index (χ0n) is 23.1. The van der Waals surface area contributed by atoms with Crippen molar-refractivity contribution in [3.8, 4) is 16.9 Å². The number of nitrogens with zero attached hydrogens (tertiary/aromatic N) is 4.